The molecule has 2 aromatic carbocycles. The van der Waals surface area contributed by atoms with E-state index < -0.39 is 42.1 Å². The van der Waals surface area contributed by atoms with E-state index in [1.807, 2.05) is 38.1 Å². The maximum absolute atomic E-state index is 12.9. The molecule has 3 aromatic rings. The van der Waals surface area contributed by atoms with Gasteiger partial charge in [-0.05, 0) is 63.3 Å². The summed E-state index contributed by atoms with van der Waals surface area (Å²) in [5, 5.41) is 40.0. The molecule has 2 heterocycles. The van der Waals surface area contributed by atoms with Gasteiger partial charge in [0.05, 0.1) is 11.6 Å². The van der Waals surface area contributed by atoms with Crippen LogP contribution in [0.15, 0.2) is 36.4 Å². The molecule has 46 heavy (non-hydrogen) atoms. The summed E-state index contributed by atoms with van der Waals surface area (Å²) in [5.41, 5.74) is 2.08. The minimum Gasteiger partial charge on any atom is -0.490 e. The average Bonchev–Trinajstić information content (AvgIpc) is 3.66. The fourth-order valence-electron chi connectivity index (χ4n) is 5.77. The zero-order valence-corrected chi connectivity index (χ0v) is 26.5. The standard InChI is InChI=1S/C33H45N5O8/c1-19(2)35-17-22(39)18-46-28-11-6-9-24-29(28)23-13-12-21(16-26(23)37-24)30(40)34-14-5-4-8-25(32(42)43)36-20(3)31(41)38-15-7-10-27(38)33(44)45/h6,9,11-13,16,19-20,22,25,27,35-37,39H,4-5,7-8,10,14-15,17-18H2,1-3H3,(H,34,40)(H,42,43)(H,44,45). The predicted octanol–water partition coefficient (Wildman–Crippen LogP) is 2.47. The van der Waals surface area contributed by atoms with Crippen LogP contribution < -0.4 is 20.7 Å². The minimum absolute atomic E-state index is 0.137. The Bertz CT molecular complexity index is 1540. The Morgan fingerprint density at radius 2 is 1.85 bits per heavy atom. The van der Waals surface area contributed by atoms with E-state index in [-0.39, 0.29) is 25.0 Å². The molecule has 0 radical (unpaired) electrons. The summed E-state index contributed by atoms with van der Waals surface area (Å²) in [6.07, 6.45) is 1.57. The zero-order chi connectivity index (χ0) is 33.4. The van der Waals surface area contributed by atoms with Gasteiger partial charge in [0.15, 0.2) is 0 Å². The molecule has 13 heteroatoms. The topological polar surface area (TPSA) is 193 Å². The van der Waals surface area contributed by atoms with Crippen LogP contribution in [0.3, 0.4) is 0 Å². The highest BCUT2D eigenvalue weighted by Gasteiger charge is 2.36. The van der Waals surface area contributed by atoms with Gasteiger partial charge in [0.25, 0.3) is 5.91 Å². The fourth-order valence-corrected chi connectivity index (χ4v) is 5.77. The highest BCUT2D eigenvalue weighted by molar-refractivity contribution is 6.12. The third-order valence-corrected chi connectivity index (χ3v) is 8.19. The number of carboxylic acids is 2. The lowest BCUT2D eigenvalue weighted by molar-refractivity contribution is -0.149. The van der Waals surface area contributed by atoms with E-state index >= 15 is 0 Å². The summed E-state index contributed by atoms with van der Waals surface area (Å²) in [5.74, 6) is -2.20. The predicted molar refractivity (Wildman–Crippen MR) is 173 cm³/mol. The molecule has 1 fully saturated rings. The monoisotopic (exact) mass is 639 g/mol. The lowest BCUT2D eigenvalue weighted by Gasteiger charge is -2.27. The number of rotatable bonds is 17. The van der Waals surface area contributed by atoms with Crippen LogP contribution in [0.25, 0.3) is 21.8 Å². The molecule has 0 bridgehead atoms. The van der Waals surface area contributed by atoms with E-state index in [4.69, 9.17) is 4.74 Å². The molecule has 1 aliphatic rings. The number of unbranched alkanes of at least 4 members (excludes halogenated alkanes) is 1. The Kier molecular flexibility index (Phi) is 12.0. The molecule has 4 unspecified atom stereocenters. The molecule has 1 aromatic heterocycles. The van der Waals surface area contributed by atoms with Crippen LogP contribution in [0.2, 0.25) is 0 Å². The first kappa shape index (κ1) is 34.7. The lowest BCUT2D eigenvalue weighted by atomic mass is 10.1. The van der Waals surface area contributed by atoms with Crippen molar-refractivity contribution in [3.63, 3.8) is 0 Å². The first-order valence-corrected chi connectivity index (χ1v) is 15.8. The number of carbonyl (C=O) groups excluding carboxylic acids is 2. The van der Waals surface area contributed by atoms with Gasteiger partial charge in [0.2, 0.25) is 5.91 Å². The number of carbonyl (C=O) groups is 4. The number of likely N-dealkylation sites (tertiary alicyclic amines) is 1. The Labute approximate surface area is 267 Å². The van der Waals surface area contributed by atoms with Crippen molar-refractivity contribution in [3.05, 3.63) is 42.0 Å². The van der Waals surface area contributed by atoms with Crippen molar-refractivity contribution in [2.24, 2.45) is 0 Å². The zero-order valence-electron chi connectivity index (χ0n) is 26.5. The van der Waals surface area contributed by atoms with Gasteiger partial charge in [-0.25, -0.2) is 4.79 Å². The second-order valence-electron chi connectivity index (χ2n) is 12.2. The SMILES string of the molecule is CC(C)NCC(O)COc1cccc2[nH]c3cc(C(=O)NCCCCC(NC(C)C(=O)N4CCCC4C(=O)O)C(=O)O)ccc3c12. The maximum Gasteiger partial charge on any atom is 0.326 e. The van der Waals surface area contributed by atoms with Gasteiger partial charge in [-0.2, -0.15) is 0 Å². The smallest absolute Gasteiger partial charge is 0.326 e. The molecule has 4 atom stereocenters. The molecule has 13 nitrogen and oxygen atoms in total. The molecule has 0 aliphatic carbocycles. The van der Waals surface area contributed by atoms with Gasteiger partial charge < -0.3 is 40.6 Å². The Morgan fingerprint density at radius 1 is 1.07 bits per heavy atom. The molecule has 7 N–H and O–H groups in total. The highest BCUT2D eigenvalue weighted by Crippen LogP contribution is 2.33. The number of carboxylic acid groups (broad SMARTS) is 2. The number of nitrogens with zero attached hydrogens (tertiary/aromatic N) is 1. The molecular weight excluding hydrogens is 594 g/mol. The van der Waals surface area contributed by atoms with Crippen LogP contribution in [-0.4, -0.2) is 105 Å². The number of H-pyrrole nitrogens is 1. The second-order valence-corrected chi connectivity index (χ2v) is 12.2. The number of ether oxygens (including phenoxy) is 1. The minimum atomic E-state index is -1.10. The quantitative estimate of drug-likeness (QED) is 0.108. The van der Waals surface area contributed by atoms with E-state index in [0.29, 0.717) is 56.6 Å². The molecule has 0 saturated carbocycles. The van der Waals surface area contributed by atoms with E-state index in [2.05, 4.69) is 20.9 Å². The first-order chi connectivity index (χ1) is 22.0. The fraction of sp³-hybridized carbons (Fsp3) is 0.515. The number of nitrogens with one attached hydrogen (secondary N) is 4. The largest absolute Gasteiger partial charge is 0.490 e. The van der Waals surface area contributed by atoms with E-state index in [1.54, 1.807) is 19.1 Å². The van der Waals surface area contributed by atoms with Gasteiger partial charge in [0, 0.05) is 47.5 Å². The number of amides is 2. The van der Waals surface area contributed by atoms with Crippen LogP contribution in [0.4, 0.5) is 0 Å². The summed E-state index contributed by atoms with van der Waals surface area (Å²) < 4.78 is 5.96. The number of aliphatic hydroxyl groups is 1. The van der Waals surface area contributed by atoms with Gasteiger partial charge in [-0.1, -0.05) is 26.0 Å². The number of hydrogen-bond acceptors (Lipinski definition) is 8. The third-order valence-electron chi connectivity index (χ3n) is 8.19. The van der Waals surface area contributed by atoms with Crippen molar-refractivity contribution in [2.45, 2.75) is 83.1 Å². The van der Waals surface area contributed by atoms with E-state index in [0.717, 1.165) is 21.8 Å². The van der Waals surface area contributed by atoms with Crippen molar-refractivity contribution in [1.29, 1.82) is 0 Å². The summed E-state index contributed by atoms with van der Waals surface area (Å²) in [6, 6.07) is 8.56. The summed E-state index contributed by atoms with van der Waals surface area (Å²) in [6.45, 7) is 6.80. The van der Waals surface area contributed by atoms with E-state index in [1.165, 1.54) is 4.90 Å². The number of fused-ring (bicyclic) bond motifs is 3. The third kappa shape index (κ3) is 8.74. The molecule has 250 valence electrons. The number of aromatic amines is 1. The maximum atomic E-state index is 12.9. The van der Waals surface area contributed by atoms with Crippen LogP contribution in [-0.2, 0) is 14.4 Å². The number of aliphatic hydroxyl groups excluding tert-OH is 1. The van der Waals surface area contributed by atoms with Gasteiger partial charge in [-0.3, -0.25) is 19.7 Å². The molecule has 1 aliphatic heterocycles. The molecule has 2 amide bonds. The first-order valence-electron chi connectivity index (χ1n) is 15.8. The van der Waals surface area contributed by atoms with Crippen molar-refractivity contribution < 1.29 is 39.2 Å². The average molecular weight is 640 g/mol. The van der Waals surface area contributed by atoms with E-state index in [9.17, 15) is 34.5 Å². The molecule has 4 rings (SSSR count). The number of aromatic nitrogens is 1. The number of benzene rings is 2. The Balaban J connectivity index is 1.27. The van der Waals surface area contributed by atoms with Gasteiger partial charge in [0.1, 0.15) is 30.5 Å². The molecule has 0 spiro atoms. The van der Waals surface area contributed by atoms with Crippen LogP contribution >= 0.6 is 0 Å². The summed E-state index contributed by atoms with van der Waals surface area (Å²) >= 11 is 0. The van der Waals surface area contributed by atoms with Crippen molar-refractivity contribution in [3.8, 4) is 5.75 Å². The van der Waals surface area contributed by atoms with Crippen molar-refractivity contribution in [2.75, 3.05) is 26.2 Å². The van der Waals surface area contributed by atoms with Gasteiger partial charge >= 0.3 is 11.9 Å². The summed E-state index contributed by atoms with van der Waals surface area (Å²) in [4.78, 5) is 53.6. The van der Waals surface area contributed by atoms with Crippen molar-refractivity contribution in [1.82, 2.24) is 25.8 Å². The van der Waals surface area contributed by atoms with Gasteiger partial charge in [-0.15, -0.1) is 0 Å². The normalized spacial score (nSPS) is 16.9. The van der Waals surface area contributed by atoms with Crippen molar-refractivity contribution >= 4 is 45.6 Å². The highest BCUT2D eigenvalue weighted by atomic mass is 16.5. The summed E-state index contributed by atoms with van der Waals surface area (Å²) in [7, 11) is 0. The Morgan fingerprint density at radius 3 is 2.57 bits per heavy atom. The molecule has 1 saturated heterocycles. The lowest BCUT2D eigenvalue weighted by Crippen LogP contribution is -2.53. The van der Waals surface area contributed by atoms with Crippen LogP contribution in [0, 0.1) is 0 Å². The van der Waals surface area contributed by atoms with Crippen LogP contribution in [0.1, 0.15) is 63.2 Å². The molecular formula is C33H45N5O8. The number of aliphatic carboxylic acids is 2. The Hall–Kier alpha value is -4.20. The number of hydrogen-bond donors (Lipinski definition) is 7. The van der Waals surface area contributed by atoms with Crippen LogP contribution in [0.5, 0.6) is 5.75 Å². The second kappa shape index (κ2) is 15.9.